The van der Waals surface area contributed by atoms with Crippen LogP contribution in [0.3, 0.4) is 0 Å². The Hall–Kier alpha value is -3.66. The predicted octanol–water partition coefficient (Wildman–Crippen LogP) is 5.79. The summed E-state index contributed by atoms with van der Waals surface area (Å²) in [6, 6.07) is 15.0. The number of halogens is 3. The number of ether oxygens (including phenoxy) is 2. The van der Waals surface area contributed by atoms with Crippen LogP contribution < -0.4 is 15.0 Å². The lowest BCUT2D eigenvalue weighted by molar-refractivity contribution is -0.122. The van der Waals surface area contributed by atoms with Gasteiger partial charge >= 0.3 is 12.0 Å². The number of hydrogen-bond donors (Lipinski definition) is 1. The van der Waals surface area contributed by atoms with Gasteiger partial charge in [0.15, 0.2) is 0 Å². The SMILES string of the molecule is COC(=O)c1ccc(N2C(=O)NC(=O)/C(=C\c3cc(Cl)cc(Cl)c3OCc3ccc(Br)cc3)C2=O)cc1. The Balaban J connectivity index is 1.68. The molecule has 1 aliphatic rings. The molecular formula is C26H17BrCl2N2O6. The average Bonchev–Trinajstić information content (AvgIpc) is 2.86. The zero-order valence-electron chi connectivity index (χ0n) is 19.1. The molecule has 4 rings (SSSR count). The molecule has 0 atom stereocenters. The van der Waals surface area contributed by atoms with Crippen molar-refractivity contribution in [1.82, 2.24) is 5.32 Å². The quantitative estimate of drug-likeness (QED) is 0.217. The van der Waals surface area contributed by atoms with E-state index in [9.17, 15) is 19.2 Å². The fraction of sp³-hybridized carbons (Fsp3) is 0.0769. The summed E-state index contributed by atoms with van der Waals surface area (Å²) in [5, 5.41) is 2.57. The second kappa shape index (κ2) is 11.2. The smallest absolute Gasteiger partial charge is 0.337 e. The minimum Gasteiger partial charge on any atom is -0.487 e. The molecule has 1 heterocycles. The van der Waals surface area contributed by atoms with Gasteiger partial charge in [-0.25, -0.2) is 14.5 Å². The first-order valence-corrected chi connectivity index (χ1v) is 12.2. The number of methoxy groups -OCH3 is 1. The van der Waals surface area contributed by atoms with E-state index >= 15 is 0 Å². The molecule has 3 aromatic carbocycles. The lowest BCUT2D eigenvalue weighted by Gasteiger charge is -2.26. The molecule has 37 heavy (non-hydrogen) atoms. The molecule has 0 saturated carbocycles. The number of imide groups is 2. The number of urea groups is 1. The van der Waals surface area contributed by atoms with Crippen molar-refractivity contribution < 1.29 is 28.7 Å². The lowest BCUT2D eigenvalue weighted by Crippen LogP contribution is -2.54. The number of rotatable bonds is 6. The van der Waals surface area contributed by atoms with Gasteiger partial charge in [0.25, 0.3) is 11.8 Å². The highest BCUT2D eigenvalue weighted by Gasteiger charge is 2.37. The Morgan fingerprint density at radius 2 is 1.70 bits per heavy atom. The van der Waals surface area contributed by atoms with Crippen LogP contribution in [0.1, 0.15) is 21.5 Å². The van der Waals surface area contributed by atoms with E-state index in [1.54, 1.807) is 0 Å². The Morgan fingerprint density at radius 3 is 2.35 bits per heavy atom. The maximum absolute atomic E-state index is 13.3. The van der Waals surface area contributed by atoms with Gasteiger partial charge in [-0.1, -0.05) is 51.3 Å². The number of hydrogen-bond acceptors (Lipinski definition) is 6. The summed E-state index contributed by atoms with van der Waals surface area (Å²) in [6.45, 7) is 0.155. The van der Waals surface area contributed by atoms with Crippen LogP contribution in [0.25, 0.3) is 6.08 Å². The minimum atomic E-state index is -0.936. The van der Waals surface area contributed by atoms with Crippen LogP contribution in [0.15, 0.2) is 70.7 Å². The van der Waals surface area contributed by atoms with E-state index < -0.39 is 23.8 Å². The van der Waals surface area contributed by atoms with Crippen molar-refractivity contribution in [3.05, 3.63) is 97.4 Å². The van der Waals surface area contributed by atoms with E-state index in [1.165, 1.54) is 49.6 Å². The topological polar surface area (TPSA) is 102 Å². The van der Waals surface area contributed by atoms with Crippen molar-refractivity contribution >= 4 is 74.7 Å². The van der Waals surface area contributed by atoms with Gasteiger partial charge in [-0.15, -0.1) is 0 Å². The van der Waals surface area contributed by atoms with Crippen molar-refractivity contribution in [2.24, 2.45) is 0 Å². The van der Waals surface area contributed by atoms with Crippen molar-refractivity contribution in [2.45, 2.75) is 6.61 Å². The third-order valence-corrected chi connectivity index (χ3v) is 6.31. The third-order valence-electron chi connectivity index (χ3n) is 5.28. The summed E-state index contributed by atoms with van der Waals surface area (Å²) in [4.78, 5) is 51.0. The lowest BCUT2D eigenvalue weighted by atomic mass is 10.1. The van der Waals surface area contributed by atoms with Crippen molar-refractivity contribution in [3.63, 3.8) is 0 Å². The number of barbiturate groups is 1. The summed E-state index contributed by atoms with van der Waals surface area (Å²) in [5.41, 5.74) is 1.15. The van der Waals surface area contributed by atoms with Crippen LogP contribution in [-0.4, -0.2) is 30.9 Å². The third kappa shape index (κ3) is 5.85. The molecule has 11 heteroatoms. The summed E-state index contributed by atoms with van der Waals surface area (Å²) < 4.78 is 11.5. The fourth-order valence-corrected chi connectivity index (χ4v) is 4.32. The number of carbonyl (C=O) groups excluding carboxylic acids is 4. The highest BCUT2D eigenvalue weighted by atomic mass is 79.9. The van der Waals surface area contributed by atoms with Crippen LogP contribution in [0.4, 0.5) is 10.5 Å². The number of nitrogens with one attached hydrogen (secondary N) is 1. The number of benzene rings is 3. The van der Waals surface area contributed by atoms with E-state index in [0.717, 1.165) is 14.9 Å². The average molecular weight is 604 g/mol. The number of anilines is 1. The number of carbonyl (C=O) groups is 4. The molecule has 4 amide bonds. The van der Waals surface area contributed by atoms with Gasteiger partial charge in [0.1, 0.15) is 17.9 Å². The molecule has 3 aromatic rings. The highest BCUT2D eigenvalue weighted by molar-refractivity contribution is 9.10. The van der Waals surface area contributed by atoms with E-state index in [2.05, 4.69) is 26.0 Å². The van der Waals surface area contributed by atoms with Crippen LogP contribution in [-0.2, 0) is 20.9 Å². The van der Waals surface area contributed by atoms with E-state index in [-0.39, 0.29) is 44.8 Å². The standard InChI is InChI=1S/C26H17BrCl2N2O6/c1-36-25(34)15-4-8-19(9-5-15)31-24(33)20(23(32)30-26(31)35)11-16-10-18(28)12-21(29)22(16)37-13-14-2-6-17(27)7-3-14/h2-12H,13H2,1H3,(H,30,32,35)/b20-11+. The van der Waals surface area contributed by atoms with Crippen LogP contribution in [0.5, 0.6) is 5.75 Å². The molecule has 0 aliphatic carbocycles. The Kier molecular flexibility index (Phi) is 7.97. The molecule has 188 valence electrons. The summed E-state index contributed by atoms with van der Waals surface area (Å²) in [5.74, 6) is -2.15. The van der Waals surface area contributed by atoms with Gasteiger partial charge in [0.2, 0.25) is 0 Å². The molecular weight excluding hydrogens is 587 g/mol. The van der Waals surface area contributed by atoms with E-state index in [1.807, 2.05) is 24.3 Å². The zero-order chi connectivity index (χ0) is 26.7. The molecule has 8 nitrogen and oxygen atoms in total. The maximum Gasteiger partial charge on any atom is 0.337 e. The Labute approximate surface area is 229 Å². The summed E-state index contributed by atoms with van der Waals surface area (Å²) >= 11 is 15.9. The molecule has 0 bridgehead atoms. The zero-order valence-corrected chi connectivity index (χ0v) is 22.2. The van der Waals surface area contributed by atoms with E-state index in [0.29, 0.717) is 0 Å². The molecule has 0 spiro atoms. The van der Waals surface area contributed by atoms with Gasteiger partial charge in [-0.05, 0) is 60.2 Å². The minimum absolute atomic E-state index is 0.143. The number of nitrogens with zero attached hydrogens (tertiary/aromatic N) is 1. The Bertz CT molecular complexity index is 1440. The first kappa shape index (κ1) is 26.4. The summed E-state index contributed by atoms with van der Waals surface area (Å²) in [6.07, 6.45) is 1.26. The van der Waals surface area contributed by atoms with Gasteiger partial charge < -0.3 is 9.47 Å². The van der Waals surface area contributed by atoms with Crippen molar-refractivity contribution in [1.29, 1.82) is 0 Å². The van der Waals surface area contributed by atoms with Gasteiger partial charge in [-0.2, -0.15) is 0 Å². The van der Waals surface area contributed by atoms with Crippen molar-refractivity contribution in [2.75, 3.05) is 12.0 Å². The molecule has 1 aliphatic heterocycles. The molecule has 0 unspecified atom stereocenters. The molecule has 0 radical (unpaired) electrons. The first-order chi connectivity index (χ1) is 17.7. The number of esters is 1. The van der Waals surface area contributed by atoms with Gasteiger partial charge in [-0.3, -0.25) is 14.9 Å². The normalized spacial score (nSPS) is 14.5. The second-order valence-electron chi connectivity index (χ2n) is 7.72. The van der Waals surface area contributed by atoms with Crippen LogP contribution in [0.2, 0.25) is 10.0 Å². The fourth-order valence-electron chi connectivity index (χ4n) is 3.49. The monoisotopic (exact) mass is 602 g/mol. The molecule has 1 saturated heterocycles. The highest BCUT2D eigenvalue weighted by Crippen LogP contribution is 2.35. The van der Waals surface area contributed by atoms with Gasteiger partial charge in [0.05, 0.1) is 23.4 Å². The first-order valence-electron chi connectivity index (χ1n) is 10.6. The van der Waals surface area contributed by atoms with Crippen LogP contribution in [0, 0.1) is 0 Å². The molecule has 1 fully saturated rings. The largest absolute Gasteiger partial charge is 0.487 e. The maximum atomic E-state index is 13.3. The van der Waals surface area contributed by atoms with Crippen LogP contribution >= 0.6 is 39.1 Å². The van der Waals surface area contributed by atoms with Crippen molar-refractivity contribution in [3.8, 4) is 5.75 Å². The molecule has 0 aromatic heterocycles. The predicted molar refractivity (Wildman–Crippen MR) is 142 cm³/mol. The summed E-state index contributed by atoms with van der Waals surface area (Å²) in [7, 11) is 1.24. The second-order valence-corrected chi connectivity index (χ2v) is 9.48. The Morgan fingerprint density at radius 1 is 1.03 bits per heavy atom. The molecule has 1 N–H and O–H groups in total. The van der Waals surface area contributed by atoms with Gasteiger partial charge in [0, 0.05) is 15.1 Å². The van der Waals surface area contributed by atoms with E-state index in [4.69, 9.17) is 27.9 Å². The number of amides is 4.